The maximum absolute atomic E-state index is 13.3. The van der Waals surface area contributed by atoms with Gasteiger partial charge in [0.05, 0.1) is 6.10 Å². The SMILES string of the molecule is CC(C)CC(NC(=O)c1ccc(-c2ccccc2)cc1)C(=O)N1CCC2OCC(=O)C21. The topological polar surface area (TPSA) is 75.7 Å². The second-order valence-electron chi connectivity index (χ2n) is 8.68. The lowest BCUT2D eigenvalue weighted by Gasteiger charge is -2.28. The molecule has 3 unspecified atom stereocenters. The summed E-state index contributed by atoms with van der Waals surface area (Å²) >= 11 is 0. The molecule has 0 spiro atoms. The Morgan fingerprint density at radius 2 is 1.74 bits per heavy atom. The fourth-order valence-corrected chi connectivity index (χ4v) is 4.42. The van der Waals surface area contributed by atoms with Crippen molar-refractivity contribution in [3.05, 3.63) is 60.2 Å². The molecule has 6 nitrogen and oxygen atoms in total. The van der Waals surface area contributed by atoms with Crippen LogP contribution in [0.4, 0.5) is 0 Å². The van der Waals surface area contributed by atoms with Gasteiger partial charge in [-0.3, -0.25) is 14.4 Å². The van der Waals surface area contributed by atoms with Gasteiger partial charge in [-0.15, -0.1) is 0 Å². The molecule has 4 rings (SSSR count). The van der Waals surface area contributed by atoms with Crippen molar-refractivity contribution >= 4 is 17.6 Å². The maximum atomic E-state index is 13.3. The second kappa shape index (κ2) is 9.02. The third-order valence-electron chi connectivity index (χ3n) is 5.96. The number of nitrogens with zero attached hydrogens (tertiary/aromatic N) is 1. The van der Waals surface area contributed by atoms with Gasteiger partial charge in [0.1, 0.15) is 18.7 Å². The monoisotopic (exact) mass is 420 g/mol. The summed E-state index contributed by atoms with van der Waals surface area (Å²) in [4.78, 5) is 40.0. The standard InChI is InChI=1S/C25H28N2O4/c1-16(2)14-20(25(30)27-13-12-22-23(27)21(28)15-31-22)26-24(29)19-10-8-18(9-11-19)17-6-4-3-5-7-17/h3-11,16,20,22-23H,12-15H2,1-2H3,(H,26,29). The number of ketones is 1. The molecule has 0 radical (unpaired) electrons. The molecule has 2 aromatic carbocycles. The summed E-state index contributed by atoms with van der Waals surface area (Å²) in [5, 5.41) is 2.91. The molecule has 2 fully saturated rings. The fourth-order valence-electron chi connectivity index (χ4n) is 4.42. The maximum Gasteiger partial charge on any atom is 0.251 e. The first-order valence-corrected chi connectivity index (χ1v) is 10.8. The second-order valence-corrected chi connectivity index (χ2v) is 8.68. The molecule has 2 aliphatic heterocycles. The summed E-state index contributed by atoms with van der Waals surface area (Å²) in [6.07, 6.45) is 0.957. The van der Waals surface area contributed by atoms with Crippen molar-refractivity contribution in [2.24, 2.45) is 5.92 Å². The van der Waals surface area contributed by atoms with Crippen molar-refractivity contribution in [2.45, 2.75) is 44.9 Å². The highest BCUT2D eigenvalue weighted by atomic mass is 16.5. The average molecular weight is 421 g/mol. The van der Waals surface area contributed by atoms with E-state index in [4.69, 9.17) is 4.74 Å². The number of benzene rings is 2. The molecule has 162 valence electrons. The van der Waals surface area contributed by atoms with Gasteiger partial charge >= 0.3 is 0 Å². The number of carbonyl (C=O) groups excluding carboxylic acids is 3. The van der Waals surface area contributed by atoms with E-state index in [1.54, 1.807) is 17.0 Å². The van der Waals surface area contributed by atoms with Gasteiger partial charge in [0.15, 0.2) is 5.78 Å². The van der Waals surface area contributed by atoms with Gasteiger partial charge in [0.2, 0.25) is 5.91 Å². The number of hydrogen-bond donors (Lipinski definition) is 1. The minimum atomic E-state index is -0.673. The van der Waals surface area contributed by atoms with Crippen molar-refractivity contribution in [1.29, 1.82) is 0 Å². The molecule has 2 aliphatic rings. The van der Waals surface area contributed by atoms with E-state index in [0.29, 0.717) is 24.9 Å². The largest absolute Gasteiger partial charge is 0.368 e. The number of Topliss-reactive ketones (excluding diaryl/α,β-unsaturated/α-hetero) is 1. The van der Waals surface area contributed by atoms with Crippen LogP contribution in [0.1, 0.15) is 37.0 Å². The molecule has 0 saturated carbocycles. The Kier molecular flexibility index (Phi) is 6.18. The highest BCUT2D eigenvalue weighted by molar-refractivity contribution is 5.99. The molecule has 2 heterocycles. The van der Waals surface area contributed by atoms with Gasteiger partial charge in [-0.25, -0.2) is 0 Å². The van der Waals surface area contributed by atoms with Gasteiger partial charge in [-0.1, -0.05) is 56.3 Å². The molecule has 31 heavy (non-hydrogen) atoms. The summed E-state index contributed by atoms with van der Waals surface area (Å²) in [7, 11) is 0. The minimum absolute atomic E-state index is 0.0537. The zero-order valence-corrected chi connectivity index (χ0v) is 17.9. The number of nitrogens with one attached hydrogen (secondary N) is 1. The molecular formula is C25H28N2O4. The van der Waals surface area contributed by atoms with Crippen LogP contribution in [0.3, 0.4) is 0 Å². The predicted octanol–water partition coefficient (Wildman–Crippen LogP) is 3.07. The number of hydrogen-bond acceptors (Lipinski definition) is 4. The Bertz CT molecular complexity index is 955. The lowest BCUT2D eigenvalue weighted by Crippen LogP contribution is -2.52. The minimum Gasteiger partial charge on any atom is -0.368 e. The van der Waals surface area contributed by atoms with Crippen molar-refractivity contribution in [1.82, 2.24) is 10.2 Å². The van der Waals surface area contributed by atoms with Crippen LogP contribution in [0, 0.1) is 5.92 Å². The molecule has 6 heteroatoms. The molecule has 0 aromatic heterocycles. The Hall–Kier alpha value is -2.99. The number of rotatable bonds is 6. The quantitative estimate of drug-likeness (QED) is 0.779. The number of likely N-dealkylation sites (tertiary alicyclic amines) is 1. The highest BCUT2D eigenvalue weighted by Gasteiger charge is 2.48. The van der Waals surface area contributed by atoms with Gasteiger partial charge in [0.25, 0.3) is 5.91 Å². The number of carbonyl (C=O) groups is 3. The van der Waals surface area contributed by atoms with E-state index in [9.17, 15) is 14.4 Å². The molecule has 3 atom stereocenters. The van der Waals surface area contributed by atoms with Gasteiger partial charge < -0.3 is 15.0 Å². The van der Waals surface area contributed by atoms with E-state index in [2.05, 4.69) is 5.32 Å². The molecule has 2 saturated heterocycles. The van der Waals surface area contributed by atoms with Crippen LogP contribution in [0.25, 0.3) is 11.1 Å². The number of fused-ring (bicyclic) bond motifs is 1. The van der Waals surface area contributed by atoms with E-state index in [-0.39, 0.29) is 36.2 Å². The summed E-state index contributed by atoms with van der Waals surface area (Å²) in [5.41, 5.74) is 2.60. The van der Waals surface area contributed by atoms with Crippen LogP contribution in [-0.2, 0) is 14.3 Å². The lowest BCUT2D eigenvalue weighted by atomic mass is 10.0. The number of amides is 2. The third-order valence-corrected chi connectivity index (χ3v) is 5.96. The van der Waals surface area contributed by atoms with Crippen LogP contribution in [0.2, 0.25) is 0 Å². The van der Waals surface area contributed by atoms with E-state index in [1.807, 2.05) is 56.3 Å². The van der Waals surface area contributed by atoms with Crippen LogP contribution in [0.15, 0.2) is 54.6 Å². The molecular weight excluding hydrogens is 392 g/mol. The normalized spacial score (nSPS) is 21.3. The van der Waals surface area contributed by atoms with Crippen molar-refractivity contribution in [3.63, 3.8) is 0 Å². The summed E-state index contributed by atoms with van der Waals surface area (Å²) in [6, 6.07) is 16.1. The average Bonchev–Trinajstić information content (AvgIpc) is 3.36. The van der Waals surface area contributed by atoms with Crippen LogP contribution < -0.4 is 5.32 Å². The highest BCUT2D eigenvalue weighted by Crippen LogP contribution is 2.28. The van der Waals surface area contributed by atoms with E-state index in [1.165, 1.54) is 0 Å². The summed E-state index contributed by atoms with van der Waals surface area (Å²) in [5.74, 6) is -0.330. The van der Waals surface area contributed by atoms with Crippen LogP contribution in [0.5, 0.6) is 0 Å². The molecule has 0 bridgehead atoms. The summed E-state index contributed by atoms with van der Waals surface area (Å²) < 4.78 is 5.50. The van der Waals surface area contributed by atoms with E-state index in [0.717, 1.165) is 11.1 Å². The molecule has 2 aromatic rings. The zero-order chi connectivity index (χ0) is 22.0. The molecule has 0 aliphatic carbocycles. The third kappa shape index (κ3) is 4.54. The smallest absolute Gasteiger partial charge is 0.251 e. The van der Waals surface area contributed by atoms with E-state index >= 15 is 0 Å². The number of ether oxygens (including phenoxy) is 1. The van der Waals surface area contributed by atoms with Crippen molar-refractivity contribution in [3.8, 4) is 11.1 Å². The van der Waals surface area contributed by atoms with Crippen molar-refractivity contribution < 1.29 is 19.1 Å². The van der Waals surface area contributed by atoms with Gasteiger partial charge in [0, 0.05) is 12.1 Å². The molecule has 1 N–H and O–H groups in total. The van der Waals surface area contributed by atoms with Gasteiger partial charge in [-0.05, 0) is 42.0 Å². The van der Waals surface area contributed by atoms with Crippen LogP contribution >= 0.6 is 0 Å². The van der Waals surface area contributed by atoms with E-state index < -0.39 is 12.1 Å². The molecule has 2 amide bonds. The fraction of sp³-hybridized carbons (Fsp3) is 0.400. The lowest BCUT2D eigenvalue weighted by molar-refractivity contribution is -0.138. The Balaban J connectivity index is 1.48. The van der Waals surface area contributed by atoms with Gasteiger partial charge in [-0.2, -0.15) is 0 Å². The first-order chi connectivity index (χ1) is 14.9. The first kappa shape index (κ1) is 21.2. The predicted molar refractivity (Wildman–Crippen MR) is 117 cm³/mol. The zero-order valence-electron chi connectivity index (χ0n) is 17.9. The Morgan fingerprint density at radius 1 is 1.06 bits per heavy atom. The Labute approximate surface area is 182 Å². The van der Waals surface area contributed by atoms with Crippen molar-refractivity contribution in [2.75, 3.05) is 13.2 Å². The Morgan fingerprint density at radius 3 is 2.42 bits per heavy atom. The summed E-state index contributed by atoms with van der Waals surface area (Å²) in [6.45, 7) is 4.57. The van der Waals surface area contributed by atoms with Crippen LogP contribution in [-0.4, -0.2) is 53.8 Å². The first-order valence-electron chi connectivity index (χ1n) is 10.8.